The molecule has 88 valence electrons. The average Bonchev–Trinajstić information content (AvgIpc) is 2.30. The fourth-order valence-electron chi connectivity index (χ4n) is 1.82. The zero-order valence-corrected chi connectivity index (χ0v) is 8.42. The van der Waals surface area contributed by atoms with Gasteiger partial charge in [0.05, 0.1) is 6.10 Å². The molecule has 1 aromatic carbocycles. The van der Waals surface area contributed by atoms with Gasteiger partial charge in [-0.3, -0.25) is 0 Å². The smallest absolute Gasteiger partial charge is 0.168 e. The summed E-state index contributed by atoms with van der Waals surface area (Å²) in [5.41, 5.74) is -1.52. The molecule has 0 amide bonds. The van der Waals surface area contributed by atoms with Gasteiger partial charge in [0.2, 0.25) is 0 Å². The summed E-state index contributed by atoms with van der Waals surface area (Å²) in [4.78, 5) is 0. The molecule has 5 heteroatoms. The van der Waals surface area contributed by atoms with Crippen molar-refractivity contribution in [1.29, 1.82) is 0 Å². The summed E-state index contributed by atoms with van der Waals surface area (Å²) in [5, 5.41) is 9.70. The summed E-state index contributed by atoms with van der Waals surface area (Å²) in [5.74, 6) is -0.973. The van der Waals surface area contributed by atoms with E-state index < -0.39 is 30.9 Å². The van der Waals surface area contributed by atoms with Crippen molar-refractivity contribution in [2.45, 2.75) is 18.1 Å². The van der Waals surface area contributed by atoms with Crippen molar-refractivity contribution in [2.24, 2.45) is 0 Å². The van der Waals surface area contributed by atoms with Gasteiger partial charge >= 0.3 is 0 Å². The van der Waals surface area contributed by atoms with E-state index in [1.807, 2.05) is 0 Å². The number of aliphatic hydroxyl groups is 1. The van der Waals surface area contributed by atoms with Crippen LogP contribution in [0.1, 0.15) is 18.1 Å². The van der Waals surface area contributed by atoms with Gasteiger partial charge in [-0.25, -0.2) is 13.2 Å². The summed E-state index contributed by atoms with van der Waals surface area (Å²) >= 11 is 0. The molecule has 1 heterocycles. The number of para-hydroxylation sites is 1. The Labute approximate surface area is 90.7 Å². The van der Waals surface area contributed by atoms with E-state index in [9.17, 15) is 18.3 Å². The third kappa shape index (κ3) is 1.65. The number of benzene rings is 1. The van der Waals surface area contributed by atoms with Crippen molar-refractivity contribution < 1.29 is 23.0 Å². The van der Waals surface area contributed by atoms with Gasteiger partial charge in [0.15, 0.2) is 17.2 Å². The molecule has 0 aromatic heterocycles. The molecule has 1 N–H and O–H groups in total. The molecular weight excluding hydrogens is 221 g/mol. The number of hydrogen-bond donors (Lipinski definition) is 1. The van der Waals surface area contributed by atoms with Gasteiger partial charge in [-0.05, 0) is 6.07 Å². The van der Waals surface area contributed by atoms with Crippen molar-refractivity contribution in [3.05, 3.63) is 29.6 Å². The quantitative estimate of drug-likeness (QED) is 0.847. The number of aliphatic hydroxyl groups excluding tert-OH is 1. The van der Waals surface area contributed by atoms with Crippen LogP contribution in [0.2, 0.25) is 0 Å². The summed E-state index contributed by atoms with van der Waals surface area (Å²) in [6, 6.07) is 4.01. The lowest BCUT2D eigenvalue weighted by atomic mass is 9.90. The van der Waals surface area contributed by atoms with Crippen LogP contribution >= 0.6 is 0 Å². The Bertz CT molecular complexity index is 391. The van der Waals surface area contributed by atoms with E-state index in [1.165, 1.54) is 12.1 Å². The number of alkyl halides is 2. The molecule has 0 bridgehead atoms. The highest BCUT2D eigenvalue weighted by Crippen LogP contribution is 2.41. The molecule has 1 aliphatic rings. The van der Waals surface area contributed by atoms with Crippen molar-refractivity contribution >= 4 is 0 Å². The zero-order chi connectivity index (χ0) is 11.8. The first-order chi connectivity index (χ1) is 7.62. The largest absolute Gasteiger partial charge is 0.478 e. The lowest BCUT2D eigenvalue weighted by Gasteiger charge is -2.37. The molecule has 1 atom stereocenters. The van der Waals surface area contributed by atoms with Gasteiger partial charge in [0, 0.05) is 12.0 Å². The van der Waals surface area contributed by atoms with Crippen LogP contribution in [0.4, 0.5) is 13.2 Å². The van der Waals surface area contributed by atoms with E-state index in [4.69, 9.17) is 4.74 Å². The van der Waals surface area contributed by atoms with E-state index in [2.05, 4.69) is 0 Å². The zero-order valence-electron chi connectivity index (χ0n) is 8.42. The van der Waals surface area contributed by atoms with E-state index in [0.29, 0.717) is 0 Å². The summed E-state index contributed by atoms with van der Waals surface area (Å²) in [6.07, 6.45) is -1.32. The molecule has 0 spiro atoms. The van der Waals surface area contributed by atoms with Crippen LogP contribution in [0.5, 0.6) is 5.75 Å². The first-order valence-corrected chi connectivity index (χ1v) is 4.89. The fourth-order valence-corrected chi connectivity index (χ4v) is 1.82. The maximum atomic E-state index is 13.4. The maximum absolute atomic E-state index is 13.4. The highest BCUT2D eigenvalue weighted by atomic mass is 19.1. The summed E-state index contributed by atoms with van der Waals surface area (Å²) in [7, 11) is 0. The Hall–Kier alpha value is -1.23. The molecule has 0 radical (unpaired) electrons. The van der Waals surface area contributed by atoms with Crippen LogP contribution < -0.4 is 4.74 Å². The lowest BCUT2D eigenvalue weighted by molar-refractivity contribution is -0.0469. The van der Waals surface area contributed by atoms with Crippen molar-refractivity contribution in [2.75, 3.05) is 13.3 Å². The highest BCUT2D eigenvalue weighted by Gasteiger charge is 2.42. The molecule has 2 rings (SSSR count). The van der Waals surface area contributed by atoms with E-state index >= 15 is 0 Å². The van der Waals surface area contributed by atoms with Crippen molar-refractivity contribution in [3.63, 3.8) is 0 Å². The normalized spacial score (nSPS) is 22.4. The van der Waals surface area contributed by atoms with E-state index in [0.717, 1.165) is 6.07 Å². The standard InChI is InChI=1S/C11H11F3O2/c12-5-11(6-13)4-9(15)7-2-1-3-8(14)10(7)16-11/h1-3,9,15H,4-6H2/t9-/m0/s1. The van der Waals surface area contributed by atoms with Gasteiger partial charge < -0.3 is 9.84 Å². The number of rotatable bonds is 2. The second-order valence-electron chi connectivity index (χ2n) is 3.93. The number of halogens is 3. The van der Waals surface area contributed by atoms with Crippen LogP contribution in [0, 0.1) is 5.82 Å². The molecule has 0 fully saturated rings. The Morgan fingerprint density at radius 2 is 2.06 bits per heavy atom. The first kappa shape index (κ1) is 11.3. The SMILES string of the molecule is O[C@H]1CC(CF)(CF)Oc2c(F)cccc21. The number of ether oxygens (including phenoxy) is 1. The van der Waals surface area contributed by atoms with Crippen molar-refractivity contribution in [1.82, 2.24) is 0 Å². The van der Waals surface area contributed by atoms with Crippen LogP contribution in [0.3, 0.4) is 0 Å². The monoisotopic (exact) mass is 232 g/mol. The Morgan fingerprint density at radius 3 is 2.69 bits per heavy atom. The van der Waals surface area contributed by atoms with Gasteiger partial charge in [0.25, 0.3) is 0 Å². The van der Waals surface area contributed by atoms with Crippen LogP contribution in [0.25, 0.3) is 0 Å². The molecule has 16 heavy (non-hydrogen) atoms. The van der Waals surface area contributed by atoms with Crippen LogP contribution in [0.15, 0.2) is 18.2 Å². The Balaban J connectivity index is 2.45. The molecule has 0 unspecified atom stereocenters. The molecular formula is C11H11F3O2. The fraction of sp³-hybridized carbons (Fsp3) is 0.455. The van der Waals surface area contributed by atoms with Crippen LogP contribution in [-0.4, -0.2) is 24.1 Å². The third-order valence-corrected chi connectivity index (χ3v) is 2.73. The molecule has 1 aliphatic heterocycles. The highest BCUT2D eigenvalue weighted by molar-refractivity contribution is 5.39. The van der Waals surface area contributed by atoms with E-state index in [-0.39, 0.29) is 17.7 Å². The number of hydrogen-bond acceptors (Lipinski definition) is 2. The predicted molar refractivity (Wildman–Crippen MR) is 51.3 cm³/mol. The summed E-state index contributed by atoms with van der Waals surface area (Å²) < 4.78 is 43.9. The van der Waals surface area contributed by atoms with E-state index in [1.54, 1.807) is 0 Å². The molecule has 0 saturated heterocycles. The predicted octanol–water partition coefficient (Wildman–Crippen LogP) is 2.32. The van der Waals surface area contributed by atoms with Gasteiger partial charge in [-0.1, -0.05) is 12.1 Å². The Kier molecular flexibility index (Phi) is 2.80. The average molecular weight is 232 g/mol. The Morgan fingerprint density at radius 1 is 1.38 bits per heavy atom. The minimum atomic E-state index is -1.76. The second-order valence-corrected chi connectivity index (χ2v) is 3.93. The van der Waals surface area contributed by atoms with Gasteiger partial charge in [-0.2, -0.15) is 0 Å². The molecule has 0 saturated carbocycles. The maximum Gasteiger partial charge on any atom is 0.168 e. The van der Waals surface area contributed by atoms with Gasteiger partial charge in [0.1, 0.15) is 13.3 Å². The molecule has 0 aliphatic carbocycles. The van der Waals surface area contributed by atoms with Crippen LogP contribution in [-0.2, 0) is 0 Å². The molecule has 1 aromatic rings. The third-order valence-electron chi connectivity index (χ3n) is 2.73. The minimum absolute atomic E-state index is 0.212. The van der Waals surface area contributed by atoms with Gasteiger partial charge in [-0.15, -0.1) is 0 Å². The minimum Gasteiger partial charge on any atom is -0.478 e. The summed E-state index contributed by atoms with van der Waals surface area (Å²) in [6.45, 7) is -2.21. The topological polar surface area (TPSA) is 29.5 Å². The van der Waals surface area contributed by atoms with Crippen molar-refractivity contribution in [3.8, 4) is 5.75 Å². The first-order valence-electron chi connectivity index (χ1n) is 4.89. The lowest BCUT2D eigenvalue weighted by Crippen LogP contribution is -2.45. The number of fused-ring (bicyclic) bond motifs is 1. The molecule has 2 nitrogen and oxygen atoms in total. The second kappa shape index (κ2) is 3.97.